The van der Waals surface area contributed by atoms with Crippen LogP contribution in [0.2, 0.25) is 0 Å². The largest absolute Gasteiger partial charge is 0.495 e. The molecule has 8 heteroatoms. The van der Waals surface area contributed by atoms with Crippen LogP contribution in [-0.4, -0.2) is 27.2 Å². The Hall–Kier alpha value is -1.80. The van der Waals surface area contributed by atoms with Crippen LogP contribution < -0.4 is 15.4 Å². The van der Waals surface area contributed by atoms with Gasteiger partial charge in [-0.15, -0.1) is 0 Å². The number of thioether (sulfide) groups is 1. The number of rotatable bonds is 4. The molecule has 22 heavy (non-hydrogen) atoms. The fourth-order valence-corrected chi connectivity index (χ4v) is 3.05. The summed E-state index contributed by atoms with van der Waals surface area (Å²) in [7, 11) is 1.55. The van der Waals surface area contributed by atoms with Crippen molar-refractivity contribution in [1.29, 1.82) is 0 Å². The van der Waals surface area contributed by atoms with E-state index in [-0.39, 0.29) is 10.8 Å². The molecule has 1 heterocycles. The van der Waals surface area contributed by atoms with Crippen LogP contribution in [-0.2, 0) is 0 Å². The summed E-state index contributed by atoms with van der Waals surface area (Å²) in [6.07, 6.45) is 0. The van der Waals surface area contributed by atoms with Gasteiger partial charge in [-0.2, -0.15) is 9.36 Å². The van der Waals surface area contributed by atoms with Crippen molar-refractivity contribution in [2.45, 2.75) is 30.7 Å². The lowest BCUT2D eigenvalue weighted by molar-refractivity contribution is 0.262. The van der Waals surface area contributed by atoms with Gasteiger partial charge >= 0.3 is 6.03 Å². The van der Waals surface area contributed by atoms with Crippen LogP contribution >= 0.6 is 23.3 Å². The molecule has 0 bridgehead atoms. The van der Waals surface area contributed by atoms with Gasteiger partial charge in [-0.3, -0.25) is 5.32 Å². The molecule has 2 amide bonds. The van der Waals surface area contributed by atoms with Gasteiger partial charge in [-0.1, -0.05) is 44.7 Å². The lowest BCUT2D eigenvalue weighted by atomic mass is 10.3. The van der Waals surface area contributed by atoms with E-state index in [0.29, 0.717) is 21.7 Å². The van der Waals surface area contributed by atoms with Crippen molar-refractivity contribution < 1.29 is 9.53 Å². The fraction of sp³-hybridized carbons (Fsp3) is 0.357. The Labute approximate surface area is 137 Å². The predicted molar refractivity (Wildman–Crippen MR) is 91.2 cm³/mol. The van der Waals surface area contributed by atoms with Crippen LogP contribution in [0.3, 0.4) is 0 Å². The zero-order chi connectivity index (χ0) is 16.2. The van der Waals surface area contributed by atoms with Gasteiger partial charge in [0.1, 0.15) is 5.75 Å². The number of aromatic nitrogens is 2. The summed E-state index contributed by atoms with van der Waals surface area (Å²) in [5, 5.41) is 6.51. The Kier molecular flexibility index (Phi) is 5.25. The van der Waals surface area contributed by atoms with Gasteiger partial charge in [0, 0.05) is 16.3 Å². The molecule has 0 radical (unpaired) electrons. The van der Waals surface area contributed by atoms with Gasteiger partial charge in [-0.05, 0) is 12.1 Å². The number of carbonyl (C=O) groups is 1. The first kappa shape index (κ1) is 16.6. The molecule has 0 saturated heterocycles. The molecular formula is C14H18N4O2S2. The van der Waals surface area contributed by atoms with Gasteiger partial charge in [0.15, 0.2) is 0 Å². The molecular weight excluding hydrogens is 320 g/mol. The van der Waals surface area contributed by atoms with E-state index in [1.54, 1.807) is 31.0 Å². The molecule has 2 rings (SSSR count). The maximum atomic E-state index is 12.0. The van der Waals surface area contributed by atoms with E-state index in [0.717, 1.165) is 11.5 Å². The number of nitrogens with one attached hydrogen (secondary N) is 2. The van der Waals surface area contributed by atoms with Gasteiger partial charge in [0.25, 0.3) is 0 Å². The molecule has 6 nitrogen and oxygen atoms in total. The van der Waals surface area contributed by atoms with Crippen molar-refractivity contribution in [1.82, 2.24) is 9.36 Å². The van der Waals surface area contributed by atoms with Crippen molar-refractivity contribution in [3.8, 4) is 5.75 Å². The van der Waals surface area contributed by atoms with E-state index in [1.165, 1.54) is 0 Å². The summed E-state index contributed by atoms with van der Waals surface area (Å²) in [5.41, 5.74) is 0.594. The second-order valence-corrected chi connectivity index (χ2v) is 7.92. The molecule has 1 aromatic carbocycles. The maximum absolute atomic E-state index is 12.0. The molecule has 2 N–H and O–H groups in total. The van der Waals surface area contributed by atoms with E-state index >= 15 is 0 Å². The molecule has 0 aliphatic rings. The zero-order valence-corrected chi connectivity index (χ0v) is 14.5. The number of hydrogen-bond acceptors (Lipinski definition) is 6. The van der Waals surface area contributed by atoms with Crippen LogP contribution in [0, 0.1) is 0 Å². The fourth-order valence-electron chi connectivity index (χ4n) is 1.57. The van der Waals surface area contributed by atoms with Crippen molar-refractivity contribution in [3.63, 3.8) is 0 Å². The number of para-hydroxylation sites is 2. The maximum Gasteiger partial charge on any atom is 0.325 e. The van der Waals surface area contributed by atoms with Crippen LogP contribution in [0.4, 0.5) is 15.6 Å². The Morgan fingerprint density at radius 1 is 1.27 bits per heavy atom. The standard InChI is InChI=1S/C14H18N4O2S2/c1-14(2,3)21-13-17-12(22-18-13)16-11(19)15-9-7-5-6-8-10(9)20-4/h5-8H,1-4H3,(H2,15,16,17,18,19). The Morgan fingerprint density at radius 3 is 2.68 bits per heavy atom. The smallest absolute Gasteiger partial charge is 0.325 e. The molecule has 0 saturated carbocycles. The minimum absolute atomic E-state index is 0.0258. The molecule has 0 fully saturated rings. The molecule has 1 aromatic heterocycles. The first-order valence-corrected chi connectivity index (χ1v) is 8.20. The van der Waals surface area contributed by atoms with E-state index in [2.05, 4.69) is 40.8 Å². The van der Waals surface area contributed by atoms with Crippen LogP contribution in [0.15, 0.2) is 29.4 Å². The summed E-state index contributed by atoms with van der Waals surface area (Å²) in [6, 6.07) is 6.81. The third-order valence-corrected chi connectivity index (χ3v) is 4.10. The second-order valence-electron chi connectivity index (χ2n) is 5.38. The first-order chi connectivity index (χ1) is 10.4. The summed E-state index contributed by atoms with van der Waals surface area (Å²) < 4.78 is 9.43. The number of nitrogens with zero attached hydrogens (tertiary/aromatic N) is 2. The van der Waals surface area contributed by atoms with E-state index in [1.807, 2.05) is 12.1 Å². The van der Waals surface area contributed by atoms with Crippen molar-refractivity contribution in [2.24, 2.45) is 0 Å². The number of ether oxygens (including phenoxy) is 1. The Bertz CT molecular complexity index is 652. The Morgan fingerprint density at radius 2 is 2.00 bits per heavy atom. The minimum Gasteiger partial charge on any atom is -0.495 e. The van der Waals surface area contributed by atoms with Crippen LogP contribution in [0.5, 0.6) is 5.75 Å². The monoisotopic (exact) mass is 338 g/mol. The molecule has 0 aliphatic carbocycles. The Balaban J connectivity index is 1.98. The summed E-state index contributed by atoms with van der Waals surface area (Å²) in [6.45, 7) is 6.25. The van der Waals surface area contributed by atoms with Crippen molar-refractivity contribution >= 4 is 40.1 Å². The highest BCUT2D eigenvalue weighted by Gasteiger charge is 2.17. The quantitative estimate of drug-likeness (QED) is 0.822. The number of anilines is 2. The molecule has 2 aromatic rings. The second kappa shape index (κ2) is 6.97. The number of carbonyl (C=O) groups excluding carboxylic acids is 1. The number of benzene rings is 1. The average Bonchev–Trinajstić information content (AvgIpc) is 2.84. The highest BCUT2D eigenvalue weighted by Crippen LogP contribution is 2.31. The van der Waals surface area contributed by atoms with Gasteiger partial charge in [0.2, 0.25) is 10.3 Å². The van der Waals surface area contributed by atoms with Crippen molar-refractivity contribution in [3.05, 3.63) is 24.3 Å². The number of methoxy groups -OCH3 is 1. The third kappa shape index (κ3) is 4.88. The zero-order valence-electron chi connectivity index (χ0n) is 12.8. The highest BCUT2D eigenvalue weighted by molar-refractivity contribution is 8.00. The topological polar surface area (TPSA) is 76.1 Å². The highest BCUT2D eigenvalue weighted by atomic mass is 32.2. The molecule has 0 unspecified atom stereocenters. The van der Waals surface area contributed by atoms with Gasteiger partial charge < -0.3 is 10.1 Å². The average molecular weight is 338 g/mol. The molecule has 0 atom stereocenters. The van der Waals surface area contributed by atoms with Crippen LogP contribution in [0.25, 0.3) is 0 Å². The summed E-state index contributed by atoms with van der Waals surface area (Å²) >= 11 is 2.71. The van der Waals surface area contributed by atoms with Gasteiger partial charge in [0.05, 0.1) is 12.8 Å². The first-order valence-electron chi connectivity index (χ1n) is 6.61. The van der Waals surface area contributed by atoms with Crippen LogP contribution in [0.1, 0.15) is 20.8 Å². The number of amides is 2. The minimum atomic E-state index is -0.382. The van der Waals surface area contributed by atoms with Gasteiger partial charge in [-0.25, -0.2) is 4.79 Å². The molecule has 0 spiro atoms. The lowest BCUT2D eigenvalue weighted by Gasteiger charge is -2.13. The normalized spacial score (nSPS) is 11.1. The summed E-state index contributed by atoms with van der Waals surface area (Å²) in [4.78, 5) is 16.3. The molecule has 0 aliphatic heterocycles. The lowest BCUT2D eigenvalue weighted by Crippen LogP contribution is -2.19. The third-order valence-electron chi connectivity index (χ3n) is 2.38. The number of urea groups is 1. The SMILES string of the molecule is COc1ccccc1NC(=O)Nc1nc(SC(C)(C)C)ns1. The summed E-state index contributed by atoms with van der Waals surface area (Å²) in [5.74, 6) is 0.596. The van der Waals surface area contributed by atoms with E-state index < -0.39 is 0 Å². The van der Waals surface area contributed by atoms with E-state index in [4.69, 9.17) is 4.74 Å². The number of hydrogen-bond donors (Lipinski definition) is 2. The van der Waals surface area contributed by atoms with Crippen molar-refractivity contribution in [2.75, 3.05) is 17.7 Å². The predicted octanol–water partition coefficient (Wildman–Crippen LogP) is 4.08. The molecule has 118 valence electrons. The van der Waals surface area contributed by atoms with E-state index in [9.17, 15) is 4.79 Å².